The lowest BCUT2D eigenvalue weighted by atomic mass is 10.0. The van der Waals surface area contributed by atoms with Gasteiger partial charge in [0, 0.05) is 6.42 Å². The molecule has 0 bridgehead atoms. The Balaban J connectivity index is 2.23. The smallest absolute Gasteiger partial charge is 0.326 e. The first-order valence-electron chi connectivity index (χ1n) is 7.84. The first kappa shape index (κ1) is 17.6. The molecule has 1 amide bonds. The maximum Gasteiger partial charge on any atom is 0.326 e. The number of hydrogen-bond donors (Lipinski definition) is 2. The molecule has 0 radical (unpaired) electrons. The Hall–Kier alpha value is -2.77. The number of aromatic nitrogens is 4. The summed E-state index contributed by atoms with van der Waals surface area (Å²) in [5, 5.41) is 23.1. The summed E-state index contributed by atoms with van der Waals surface area (Å²) in [5.74, 6) is -0.958. The predicted molar refractivity (Wildman–Crippen MR) is 86.2 cm³/mol. The van der Waals surface area contributed by atoms with Crippen molar-refractivity contribution in [2.75, 3.05) is 0 Å². The highest BCUT2D eigenvalue weighted by Gasteiger charge is 2.28. The summed E-state index contributed by atoms with van der Waals surface area (Å²) in [5.41, 5.74) is 0.940. The third-order valence-electron chi connectivity index (χ3n) is 3.72. The number of amides is 1. The van der Waals surface area contributed by atoms with Crippen LogP contribution in [0.5, 0.6) is 0 Å². The van der Waals surface area contributed by atoms with Crippen LogP contribution in [0.4, 0.5) is 0 Å². The van der Waals surface area contributed by atoms with Gasteiger partial charge in [0.1, 0.15) is 17.9 Å². The van der Waals surface area contributed by atoms with Gasteiger partial charge in [0.15, 0.2) is 0 Å². The van der Waals surface area contributed by atoms with Crippen molar-refractivity contribution in [2.24, 2.45) is 0 Å². The van der Waals surface area contributed by atoms with E-state index >= 15 is 0 Å². The summed E-state index contributed by atoms with van der Waals surface area (Å²) in [6.07, 6.45) is 1.40. The fourth-order valence-corrected chi connectivity index (χ4v) is 2.47. The fourth-order valence-electron chi connectivity index (χ4n) is 2.47. The molecule has 2 N–H and O–H groups in total. The molecular formula is C16H21N5O3. The van der Waals surface area contributed by atoms with Crippen LogP contribution in [0.2, 0.25) is 0 Å². The van der Waals surface area contributed by atoms with Gasteiger partial charge in [-0.15, -0.1) is 5.10 Å². The van der Waals surface area contributed by atoms with Crippen LogP contribution in [-0.2, 0) is 16.0 Å². The first-order valence-corrected chi connectivity index (χ1v) is 7.84. The summed E-state index contributed by atoms with van der Waals surface area (Å²) in [4.78, 5) is 24.0. The highest BCUT2D eigenvalue weighted by Crippen LogP contribution is 2.15. The lowest BCUT2D eigenvalue weighted by Crippen LogP contribution is -2.45. The van der Waals surface area contributed by atoms with Crippen LogP contribution >= 0.6 is 0 Å². The summed E-state index contributed by atoms with van der Waals surface area (Å²) in [6, 6.07) is 7.84. The molecule has 0 saturated heterocycles. The number of nitrogens with one attached hydrogen (secondary N) is 1. The van der Waals surface area contributed by atoms with E-state index in [9.17, 15) is 14.7 Å². The summed E-state index contributed by atoms with van der Waals surface area (Å²) >= 11 is 0. The Bertz CT molecular complexity index is 686. The number of aryl methyl sites for hydroxylation is 1. The topological polar surface area (TPSA) is 110 Å². The SMILES string of the molecule is CCCC(NC(=O)C(Cc1ccccc1)n1nnnc1C)C(=O)O. The molecule has 0 spiro atoms. The van der Waals surface area contributed by atoms with E-state index in [1.165, 1.54) is 4.68 Å². The average molecular weight is 331 g/mol. The number of aliphatic carboxylic acids is 1. The van der Waals surface area contributed by atoms with Crippen molar-refractivity contribution in [3.8, 4) is 0 Å². The molecule has 0 saturated carbocycles. The van der Waals surface area contributed by atoms with Gasteiger partial charge < -0.3 is 10.4 Å². The van der Waals surface area contributed by atoms with Crippen molar-refractivity contribution >= 4 is 11.9 Å². The fraction of sp³-hybridized carbons (Fsp3) is 0.438. The highest BCUT2D eigenvalue weighted by atomic mass is 16.4. The van der Waals surface area contributed by atoms with Crippen molar-refractivity contribution in [1.29, 1.82) is 0 Å². The van der Waals surface area contributed by atoms with Crippen LogP contribution in [0.1, 0.15) is 37.2 Å². The summed E-state index contributed by atoms with van der Waals surface area (Å²) in [7, 11) is 0. The molecule has 1 aromatic carbocycles. The second-order valence-corrected chi connectivity index (χ2v) is 5.56. The number of tetrazole rings is 1. The zero-order valence-corrected chi connectivity index (χ0v) is 13.7. The Morgan fingerprint density at radius 3 is 2.54 bits per heavy atom. The molecule has 2 unspecified atom stereocenters. The third kappa shape index (κ3) is 4.37. The van der Waals surface area contributed by atoms with Gasteiger partial charge in [-0.25, -0.2) is 9.48 Å². The number of hydrogen-bond acceptors (Lipinski definition) is 5. The maximum atomic E-state index is 12.7. The predicted octanol–water partition coefficient (Wildman–Crippen LogP) is 1.13. The molecule has 2 atom stereocenters. The molecule has 0 fully saturated rings. The number of nitrogens with zero attached hydrogens (tertiary/aromatic N) is 4. The van der Waals surface area contributed by atoms with E-state index in [0.717, 1.165) is 5.56 Å². The second kappa shape index (κ2) is 8.19. The molecule has 0 aliphatic rings. The molecule has 8 heteroatoms. The van der Waals surface area contributed by atoms with Gasteiger partial charge in [-0.1, -0.05) is 43.7 Å². The lowest BCUT2D eigenvalue weighted by molar-refractivity contribution is -0.142. The molecule has 24 heavy (non-hydrogen) atoms. The highest BCUT2D eigenvalue weighted by molar-refractivity contribution is 5.86. The van der Waals surface area contributed by atoms with E-state index in [1.807, 2.05) is 37.3 Å². The van der Waals surface area contributed by atoms with Crippen LogP contribution < -0.4 is 5.32 Å². The Morgan fingerprint density at radius 2 is 2.00 bits per heavy atom. The molecule has 1 heterocycles. The van der Waals surface area contributed by atoms with Gasteiger partial charge >= 0.3 is 5.97 Å². The maximum absolute atomic E-state index is 12.7. The molecule has 0 aliphatic carbocycles. The quantitative estimate of drug-likeness (QED) is 0.750. The summed E-state index contributed by atoms with van der Waals surface area (Å²) in [6.45, 7) is 3.57. The number of benzene rings is 1. The molecule has 2 aromatic rings. The minimum atomic E-state index is -1.04. The number of rotatable bonds is 8. The minimum absolute atomic E-state index is 0.369. The Labute approximate surface area is 139 Å². The normalized spacial score (nSPS) is 13.2. The van der Waals surface area contributed by atoms with Gasteiger partial charge in [0.05, 0.1) is 0 Å². The van der Waals surface area contributed by atoms with Gasteiger partial charge in [0.2, 0.25) is 5.91 Å². The van der Waals surface area contributed by atoms with Crippen molar-refractivity contribution in [3.63, 3.8) is 0 Å². The van der Waals surface area contributed by atoms with E-state index in [2.05, 4.69) is 20.8 Å². The van der Waals surface area contributed by atoms with Crippen molar-refractivity contribution in [2.45, 2.75) is 45.2 Å². The van der Waals surface area contributed by atoms with Crippen LogP contribution in [0.3, 0.4) is 0 Å². The Kier molecular flexibility index (Phi) is 6.00. The van der Waals surface area contributed by atoms with Gasteiger partial charge in [-0.3, -0.25) is 4.79 Å². The molecule has 0 aliphatic heterocycles. The molecular weight excluding hydrogens is 310 g/mol. The molecule has 128 valence electrons. The van der Waals surface area contributed by atoms with Crippen LogP contribution in [0, 0.1) is 6.92 Å². The largest absolute Gasteiger partial charge is 0.480 e. The Morgan fingerprint density at radius 1 is 1.29 bits per heavy atom. The van der Waals surface area contributed by atoms with Gasteiger partial charge in [0.25, 0.3) is 0 Å². The van der Waals surface area contributed by atoms with Crippen LogP contribution in [0.25, 0.3) is 0 Å². The van der Waals surface area contributed by atoms with Crippen molar-refractivity contribution in [1.82, 2.24) is 25.5 Å². The number of carboxylic acids is 1. The van der Waals surface area contributed by atoms with Gasteiger partial charge in [-0.05, 0) is 29.3 Å². The van der Waals surface area contributed by atoms with E-state index in [1.54, 1.807) is 6.92 Å². The average Bonchev–Trinajstić information content (AvgIpc) is 2.98. The summed E-state index contributed by atoms with van der Waals surface area (Å²) < 4.78 is 1.42. The monoisotopic (exact) mass is 331 g/mol. The zero-order valence-electron chi connectivity index (χ0n) is 13.7. The standard InChI is InChI=1S/C16H21N5O3/c1-3-7-13(16(23)24)17-15(22)14(21-11(2)18-19-20-21)10-12-8-5-4-6-9-12/h4-6,8-9,13-14H,3,7,10H2,1-2H3,(H,17,22)(H,23,24). The number of carbonyl (C=O) groups is 2. The second-order valence-electron chi connectivity index (χ2n) is 5.56. The van der Waals surface area contributed by atoms with Gasteiger partial charge in [-0.2, -0.15) is 0 Å². The van der Waals surface area contributed by atoms with Crippen molar-refractivity contribution in [3.05, 3.63) is 41.7 Å². The number of carboxylic acid groups (broad SMARTS) is 1. The molecule has 2 rings (SSSR count). The van der Waals surface area contributed by atoms with E-state index in [-0.39, 0.29) is 0 Å². The lowest BCUT2D eigenvalue weighted by Gasteiger charge is -2.20. The first-order chi connectivity index (χ1) is 11.5. The number of carbonyl (C=O) groups excluding carboxylic acids is 1. The van der Waals surface area contributed by atoms with Crippen molar-refractivity contribution < 1.29 is 14.7 Å². The van der Waals surface area contributed by atoms with E-state index < -0.39 is 24.0 Å². The van der Waals surface area contributed by atoms with E-state index in [4.69, 9.17) is 0 Å². The van der Waals surface area contributed by atoms with Crippen LogP contribution in [0.15, 0.2) is 30.3 Å². The molecule has 1 aromatic heterocycles. The minimum Gasteiger partial charge on any atom is -0.480 e. The zero-order chi connectivity index (χ0) is 17.5. The van der Waals surface area contributed by atoms with Crippen LogP contribution in [-0.4, -0.2) is 43.2 Å². The van der Waals surface area contributed by atoms with E-state index in [0.29, 0.717) is 25.1 Å². The third-order valence-corrected chi connectivity index (χ3v) is 3.72. The molecule has 8 nitrogen and oxygen atoms in total.